The Balaban J connectivity index is 2.53. The van der Waals surface area contributed by atoms with Gasteiger partial charge in [-0.3, -0.25) is 14.3 Å². The van der Waals surface area contributed by atoms with Crippen molar-refractivity contribution >= 4 is 22.2 Å². The largest absolute Gasteiger partial charge is 0.392 e. The highest BCUT2D eigenvalue weighted by Crippen LogP contribution is 2.18. The highest BCUT2D eigenvalue weighted by atomic mass is 16.3. The second kappa shape index (κ2) is 4.24. The molecule has 0 aliphatic heterocycles. The Bertz CT molecular complexity index is 956. The van der Waals surface area contributed by atoms with Crippen LogP contribution < -0.4 is 11.2 Å². The van der Waals surface area contributed by atoms with E-state index in [1.807, 2.05) is 6.92 Å². The Morgan fingerprint density at radius 3 is 2.65 bits per heavy atom. The zero-order valence-corrected chi connectivity index (χ0v) is 11.0. The van der Waals surface area contributed by atoms with Gasteiger partial charge in [-0.1, -0.05) is 0 Å². The standard InChI is InChI=1S/C13H12N4O3/c1-6-3-8-9(4-7(6)5-18)14-10-11(15-8)17(2)13(20)16-12(10)19/h3-4,18H,5H2,1-2H3,(H,16,19,20). The summed E-state index contributed by atoms with van der Waals surface area (Å²) in [6, 6.07) is 3.47. The Hall–Kier alpha value is -2.54. The van der Waals surface area contributed by atoms with Crippen molar-refractivity contribution in [2.75, 3.05) is 0 Å². The van der Waals surface area contributed by atoms with Crippen molar-refractivity contribution in [3.63, 3.8) is 0 Å². The van der Waals surface area contributed by atoms with Crippen LogP contribution >= 0.6 is 0 Å². The molecule has 0 radical (unpaired) electrons. The smallest absolute Gasteiger partial charge is 0.329 e. The van der Waals surface area contributed by atoms with Crippen molar-refractivity contribution in [1.82, 2.24) is 19.5 Å². The van der Waals surface area contributed by atoms with Gasteiger partial charge in [0.25, 0.3) is 5.56 Å². The first-order valence-electron chi connectivity index (χ1n) is 6.02. The van der Waals surface area contributed by atoms with Gasteiger partial charge in [0, 0.05) is 7.05 Å². The molecule has 0 bridgehead atoms. The number of nitrogens with one attached hydrogen (secondary N) is 1. The lowest BCUT2D eigenvalue weighted by Crippen LogP contribution is -2.29. The molecule has 0 fully saturated rings. The number of fused-ring (bicyclic) bond motifs is 2. The maximum Gasteiger partial charge on any atom is 0.329 e. The van der Waals surface area contributed by atoms with Crippen LogP contribution in [0.5, 0.6) is 0 Å². The van der Waals surface area contributed by atoms with Crippen LogP contribution in [0.25, 0.3) is 22.2 Å². The average molecular weight is 272 g/mol. The summed E-state index contributed by atoms with van der Waals surface area (Å²) in [6.07, 6.45) is 0. The number of hydrogen-bond donors (Lipinski definition) is 2. The van der Waals surface area contributed by atoms with Crippen LogP contribution in [0.2, 0.25) is 0 Å². The van der Waals surface area contributed by atoms with Gasteiger partial charge in [0.2, 0.25) is 0 Å². The summed E-state index contributed by atoms with van der Waals surface area (Å²) in [6.45, 7) is 1.75. The van der Waals surface area contributed by atoms with E-state index in [-0.39, 0.29) is 17.8 Å². The van der Waals surface area contributed by atoms with Crippen molar-refractivity contribution in [3.05, 3.63) is 44.1 Å². The van der Waals surface area contributed by atoms with Crippen molar-refractivity contribution in [2.24, 2.45) is 7.05 Å². The van der Waals surface area contributed by atoms with Crippen LogP contribution in [0.1, 0.15) is 11.1 Å². The fourth-order valence-electron chi connectivity index (χ4n) is 2.13. The number of aromatic nitrogens is 4. The molecule has 3 aromatic rings. The predicted molar refractivity (Wildman–Crippen MR) is 73.6 cm³/mol. The van der Waals surface area contributed by atoms with Crippen molar-refractivity contribution in [1.29, 1.82) is 0 Å². The number of H-pyrrole nitrogens is 1. The molecule has 0 aliphatic carbocycles. The zero-order chi connectivity index (χ0) is 14.4. The summed E-state index contributed by atoms with van der Waals surface area (Å²) in [5.74, 6) is 0. The number of aryl methyl sites for hydroxylation is 2. The minimum Gasteiger partial charge on any atom is -0.392 e. The summed E-state index contributed by atoms with van der Waals surface area (Å²) in [5.41, 5.74) is 1.94. The highest BCUT2D eigenvalue weighted by Gasteiger charge is 2.11. The Kier molecular flexibility index (Phi) is 2.65. The summed E-state index contributed by atoms with van der Waals surface area (Å²) in [4.78, 5) is 34.1. The Morgan fingerprint density at radius 2 is 1.95 bits per heavy atom. The van der Waals surface area contributed by atoms with Gasteiger partial charge in [0.15, 0.2) is 11.2 Å². The second-order valence-corrected chi connectivity index (χ2v) is 4.64. The molecule has 0 saturated carbocycles. The first kappa shape index (κ1) is 12.5. The number of benzene rings is 1. The van der Waals surface area contributed by atoms with Gasteiger partial charge in [0.1, 0.15) is 0 Å². The third kappa shape index (κ3) is 1.71. The number of nitrogens with zero attached hydrogens (tertiary/aromatic N) is 3. The topological polar surface area (TPSA) is 101 Å². The lowest BCUT2D eigenvalue weighted by Gasteiger charge is -2.07. The Labute approximate surface area is 112 Å². The van der Waals surface area contributed by atoms with Gasteiger partial charge in [-0.25, -0.2) is 14.8 Å². The van der Waals surface area contributed by atoms with Crippen molar-refractivity contribution in [2.45, 2.75) is 13.5 Å². The van der Waals surface area contributed by atoms with Crippen LogP contribution in [0.3, 0.4) is 0 Å². The van der Waals surface area contributed by atoms with Gasteiger partial charge in [-0.15, -0.1) is 0 Å². The molecular weight excluding hydrogens is 260 g/mol. The third-order valence-electron chi connectivity index (χ3n) is 3.33. The second-order valence-electron chi connectivity index (χ2n) is 4.64. The predicted octanol–water partition coefficient (Wildman–Crippen LogP) is -0.0293. The van der Waals surface area contributed by atoms with E-state index in [4.69, 9.17) is 0 Å². The molecule has 0 unspecified atom stereocenters. The van der Waals surface area contributed by atoms with E-state index in [1.54, 1.807) is 12.1 Å². The minimum atomic E-state index is -0.566. The number of hydrogen-bond acceptors (Lipinski definition) is 5. The van der Waals surface area contributed by atoms with E-state index >= 15 is 0 Å². The van der Waals surface area contributed by atoms with Crippen LogP contribution in [-0.2, 0) is 13.7 Å². The molecular formula is C13H12N4O3. The lowest BCUT2D eigenvalue weighted by atomic mass is 10.1. The van der Waals surface area contributed by atoms with Gasteiger partial charge in [0.05, 0.1) is 17.6 Å². The van der Waals surface area contributed by atoms with Gasteiger partial charge < -0.3 is 5.11 Å². The summed E-state index contributed by atoms with van der Waals surface area (Å²) >= 11 is 0. The zero-order valence-electron chi connectivity index (χ0n) is 11.0. The maximum atomic E-state index is 11.8. The molecule has 0 amide bonds. The van der Waals surface area contributed by atoms with Crippen LogP contribution in [0, 0.1) is 6.92 Å². The van der Waals surface area contributed by atoms with E-state index in [2.05, 4.69) is 15.0 Å². The molecule has 0 spiro atoms. The minimum absolute atomic E-state index is 0.104. The molecule has 7 nitrogen and oxygen atoms in total. The van der Waals surface area contributed by atoms with Crippen LogP contribution in [0.4, 0.5) is 0 Å². The summed E-state index contributed by atoms with van der Waals surface area (Å²) < 4.78 is 1.25. The monoisotopic (exact) mass is 272 g/mol. The third-order valence-corrected chi connectivity index (χ3v) is 3.33. The van der Waals surface area contributed by atoms with Gasteiger partial charge >= 0.3 is 5.69 Å². The molecule has 7 heteroatoms. The van der Waals surface area contributed by atoms with E-state index in [1.165, 1.54) is 11.6 Å². The molecule has 0 atom stereocenters. The number of rotatable bonds is 1. The molecule has 0 aliphatic rings. The molecule has 2 heterocycles. The molecule has 0 saturated heterocycles. The van der Waals surface area contributed by atoms with Crippen LogP contribution in [-0.4, -0.2) is 24.6 Å². The van der Waals surface area contributed by atoms with Crippen molar-refractivity contribution in [3.8, 4) is 0 Å². The summed E-state index contributed by atoms with van der Waals surface area (Å²) in [5, 5.41) is 9.26. The average Bonchev–Trinajstić information content (AvgIpc) is 2.42. The number of aliphatic hydroxyl groups excluding tert-OH is 1. The van der Waals surface area contributed by atoms with Crippen molar-refractivity contribution < 1.29 is 5.11 Å². The number of aliphatic hydroxyl groups is 1. The first-order chi connectivity index (χ1) is 9.51. The lowest BCUT2D eigenvalue weighted by molar-refractivity contribution is 0.281. The quantitative estimate of drug-likeness (QED) is 0.606. The first-order valence-corrected chi connectivity index (χ1v) is 6.02. The van der Waals surface area contributed by atoms with E-state index in [0.717, 1.165) is 11.1 Å². The SMILES string of the molecule is Cc1cc2nc3c(nc2cc1CO)c(=O)[nH]c(=O)n3C. The molecule has 2 N–H and O–H groups in total. The normalized spacial score (nSPS) is 11.3. The van der Waals surface area contributed by atoms with Crippen LogP contribution in [0.15, 0.2) is 21.7 Å². The molecule has 102 valence electrons. The van der Waals surface area contributed by atoms with Gasteiger partial charge in [-0.05, 0) is 30.2 Å². The fraction of sp³-hybridized carbons (Fsp3) is 0.231. The number of aromatic amines is 1. The molecule has 1 aromatic carbocycles. The molecule has 3 rings (SSSR count). The van der Waals surface area contributed by atoms with Gasteiger partial charge in [-0.2, -0.15) is 0 Å². The summed E-state index contributed by atoms with van der Waals surface area (Å²) in [7, 11) is 1.52. The fourth-order valence-corrected chi connectivity index (χ4v) is 2.13. The van der Waals surface area contributed by atoms with E-state index in [0.29, 0.717) is 11.0 Å². The van der Waals surface area contributed by atoms with E-state index < -0.39 is 11.2 Å². The molecule has 20 heavy (non-hydrogen) atoms. The van der Waals surface area contributed by atoms with E-state index in [9.17, 15) is 14.7 Å². The molecule has 2 aromatic heterocycles. The Morgan fingerprint density at radius 1 is 1.25 bits per heavy atom. The highest BCUT2D eigenvalue weighted by molar-refractivity contribution is 5.84. The maximum absolute atomic E-state index is 11.8.